The number of hydrogen-bond donors (Lipinski definition) is 4. The summed E-state index contributed by atoms with van der Waals surface area (Å²) in [6, 6.07) is 17.1. The molecular formula is C72H103N3O17. The van der Waals surface area contributed by atoms with E-state index < -0.39 is 54.5 Å². The Bertz CT molecular complexity index is 2950. The second-order valence-electron chi connectivity index (χ2n) is 24.0. The van der Waals surface area contributed by atoms with Crippen LogP contribution >= 0.6 is 0 Å². The van der Waals surface area contributed by atoms with Gasteiger partial charge in [0.15, 0.2) is 0 Å². The minimum Gasteiger partial charge on any atom is -0.490 e. The Kier molecular flexibility index (Phi) is 34.6. The monoisotopic (exact) mass is 1280 g/mol. The van der Waals surface area contributed by atoms with Gasteiger partial charge in [0.1, 0.15) is 81.5 Å². The number of aliphatic imine (C=N–C) groups is 1. The molecule has 20 heteroatoms. The van der Waals surface area contributed by atoms with Crippen molar-refractivity contribution in [2.24, 2.45) is 4.99 Å². The van der Waals surface area contributed by atoms with E-state index in [4.69, 9.17) is 37.9 Å². The van der Waals surface area contributed by atoms with E-state index in [1.54, 1.807) is 48.5 Å². The van der Waals surface area contributed by atoms with Crippen LogP contribution in [0.2, 0.25) is 0 Å². The molecule has 4 atom stereocenters. The molecule has 4 rings (SSSR count). The highest BCUT2D eigenvalue weighted by Crippen LogP contribution is 2.40. The van der Waals surface area contributed by atoms with Crippen molar-refractivity contribution in [3.63, 3.8) is 0 Å². The number of rotatable bonds is 30. The van der Waals surface area contributed by atoms with Gasteiger partial charge in [-0.05, 0) is 171 Å². The maximum atomic E-state index is 12.1. The molecule has 4 unspecified atom stereocenters. The zero-order valence-electron chi connectivity index (χ0n) is 57.1. The Balaban J connectivity index is 0.000000859. The van der Waals surface area contributed by atoms with Gasteiger partial charge in [-0.2, -0.15) is 0 Å². The fourth-order valence-corrected chi connectivity index (χ4v) is 9.01. The van der Waals surface area contributed by atoms with Crippen molar-refractivity contribution in [2.75, 3.05) is 65.9 Å². The van der Waals surface area contributed by atoms with Crippen molar-refractivity contribution < 1.29 is 81.6 Å². The number of carbonyl (C=O) groups excluding carboxylic acids is 6. The molecule has 0 spiro atoms. The molecule has 0 aliphatic carbocycles. The number of isocyanates is 1. The van der Waals surface area contributed by atoms with Gasteiger partial charge in [0.25, 0.3) is 0 Å². The molecule has 4 N–H and O–H groups in total. The van der Waals surface area contributed by atoms with Gasteiger partial charge in [-0.1, -0.05) is 103 Å². The van der Waals surface area contributed by atoms with Crippen LogP contribution in [0.15, 0.2) is 90.0 Å². The maximum Gasteiger partial charge on any atom is 0.407 e. The number of ether oxygens (including phenoxy) is 9. The third-order valence-electron chi connectivity index (χ3n) is 14.0. The molecule has 0 saturated carbocycles. The van der Waals surface area contributed by atoms with Gasteiger partial charge >= 0.3 is 30.1 Å². The second kappa shape index (κ2) is 39.1. The van der Waals surface area contributed by atoms with Gasteiger partial charge in [0.2, 0.25) is 6.08 Å². The molecule has 0 radical (unpaired) electrons. The minimum atomic E-state index is -0.632. The molecule has 0 aliphatic rings. The number of hydrogen-bond acceptors (Lipinski definition) is 18. The SMILES string of the molecule is C.C=C(C)C(=O)OCCN=C=O.C=C(C)C(=O)OCCNC(=O)OC(C)COc1c(C)cc(C(C)(C)c2cc(C)c(OCC(C)OC(=O)NCCOC(=O)C(=C)C)c(C)c2)cc1C.Cc1cc(C(C)(C)c2cc(C)c(OCC(C)O)c(C)c2)cc(C)c1OCC(C)O. The van der Waals surface area contributed by atoms with Crippen molar-refractivity contribution in [3.8, 4) is 23.0 Å². The number of alkyl carbamates (subject to hydrolysis) is 2. The first-order chi connectivity index (χ1) is 42.4. The van der Waals surface area contributed by atoms with Crippen molar-refractivity contribution in [3.05, 3.63) is 152 Å². The zero-order valence-corrected chi connectivity index (χ0v) is 57.1. The van der Waals surface area contributed by atoms with Crippen LogP contribution in [-0.4, -0.2) is 137 Å². The predicted molar refractivity (Wildman–Crippen MR) is 358 cm³/mol. The number of carbonyl (C=O) groups is 5. The summed E-state index contributed by atoms with van der Waals surface area (Å²) in [5.41, 5.74) is 13.1. The summed E-state index contributed by atoms with van der Waals surface area (Å²) in [5, 5.41) is 24.1. The number of esters is 3. The van der Waals surface area contributed by atoms with Crippen molar-refractivity contribution in [2.45, 2.75) is 174 Å². The van der Waals surface area contributed by atoms with Crippen LogP contribution in [0.4, 0.5) is 9.59 Å². The predicted octanol–water partition coefficient (Wildman–Crippen LogP) is 12.3. The molecule has 0 aromatic heterocycles. The van der Waals surface area contributed by atoms with E-state index in [1.807, 2.05) is 55.4 Å². The van der Waals surface area contributed by atoms with Crippen LogP contribution in [0.25, 0.3) is 0 Å². The molecule has 0 saturated heterocycles. The second-order valence-corrected chi connectivity index (χ2v) is 24.0. The topological polar surface area (TPSA) is 262 Å². The Morgan fingerprint density at radius 2 is 0.707 bits per heavy atom. The van der Waals surface area contributed by atoms with E-state index in [-0.39, 0.29) is 95.3 Å². The number of benzene rings is 4. The number of amides is 2. The lowest BCUT2D eigenvalue weighted by atomic mass is 9.76. The van der Waals surface area contributed by atoms with Gasteiger partial charge in [-0.25, -0.2) is 33.8 Å². The lowest BCUT2D eigenvalue weighted by Gasteiger charge is -2.29. The molecule has 4 aromatic carbocycles. The molecule has 508 valence electrons. The van der Waals surface area contributed by atoms with E-state index >= 15 is 0 Å². The number of nitrogens with zero attached hydrogens (tertiary/aromatic N) is 1. The molecule has 20 nitrogen and oxygen atoms in total. The quantitative estimate of drug-likeness (QED) is 0.00944. The Morgan fingerprint density at radius 1 is 0.467 bits per heavy atom. The normalized spacial score (nSPS) is 12.1. The van der Waals surface area contributed by atoms with Crippen LogP contribution in [0.5, 0.6) is 23.0 Å². The molecule has 0 fully saturated rings. The van der Waals surface area contributed by atoms with Crippen molar-refractivity contribution >= 4 is 36.2 Å². The fourth-order valence-electron chi connectivity index (χ4n) is 9.01. The van der Waals surface area contributed by atoms with Crippen molar-refractivity contribution in [1.82, 2.24) is 10.6 Å². The highest BCUT2D eigenvalue weighted by molar-refractivity contribution is 5.87. The fraction of sp³-hybridized carbons (Fsp3) is 0.500. The minimum absolute atomic E-state index is 0. The first-order valence-electron chi connectivity index (χ1n) is 30.2. The van der Waals surface area contributed by atoms with E-state index in [0.29, 0.717) is 5.57 Å². The molecule has 2 amide bonds. The van der Waals surface area contributed by atoms with E-state index in [0.717, 1.165) is 78.6 Å². The van der Waals surface area contributed by atoms with Gasteiger partial charge in [-0.3, -0.25) is 0 Å². The molecule has 0 bridgehead atoms. The van der Waals surface area contributed by atoms with Gasteiger partial charge in [0.05, 0.1) is 31.8 Å². The van der Waals surface area contributed by atoms with Crippen LogP contribution < -0.4 is 29.6 Å². The first-order valence-corrected chi connectivity index (χ1v) is 30.2. The summed E-state index contributed by atoms with van der Waals surface area (Å²) in [5.74, 6) is 1.65. The largest absolute Gasteiger partial charge is 0.490 e. The number of aliphatic hydroxyl groups excluding tert-OH is 2. The van der Waals surface area contributed by atoms with Gasteiger partial charge < -0.3 is 63.5 Å². The third-order valence-corrected chi connectivity index (χ3v) is 14.0. The smallest absolute Gasteiger partial charge is 0.407 e. The molecule has 0 heterocycles. The Labute approximate surface area is 546 Å². The first kappa shape index (κ1) is 81.6. The standard InChI is InChI=1S/C39H54N2O10.C25H36O4.C7H9NO3.CH4/c1-23(2)35(42)46-15-13-40-37(44)50-29(9)21-48-33-25(5)17-31(18-26(33)6)39(11,12)32-19-27(7)34(28(8)20-32)49-22-30(10)51-38(45)41-14-16-47-36(43)24(3)4;1-15-9-21(10-16(2)23(15)28-13-19(5)26)25(7,8)22-11-17(3)24(18(4)12-22)29-14-20(6)27;1-6(2)7(10)11-4-3-8-5-9;/h17-20,29-30H,1,3,13-16,21-22H2,2,4-12H3,(H,40,44)(H,41,45);9-12,19-20,26-27H,13-14H2,1-8H3;1,3-4H2,2H3;1H4. The van der Waals surface area contributed by atoms with E-state index in [2.05, 4.69) is 116 Å². The summed E-state index contributed by atoms with van der Waals surface area (Å²) >= 11 is 0. The van der Waals surface area contributed by atoms with Crippen LogP contribution in [0, 0.1) is 55.4 Å². The Hall–Kier alpha value is -8.45. The third kappa shape index (κ3) is 27.2. The summed E-state index contributed by atoms with van der Waals surface area (Å²) in [6.45, 7) is 48.3. The molecular weight excluding hydrogens is 1180 g/mol. The highest BCUT2D eigenvalue weighted by Gasteiger charge is 2.29. The summed E-state index contributed by atoms with van der Waals surface area (Å²) in [4.78, 5) is 70.5. The maximum absolute atomic E-state index is 12.1. The van der Waals surface area contributed by atoms with E-state index in [9.17, 15) is 39.0 Å². The lowest BCUT2D eigenvalue weighted by molar-refractivity contribution is -0.139. The Morgan fingerprint density at radius 3 is 0.935 bits per heavy atom. The van der Waals surface area contributed by atoms with Crippen LogP contribution in [0.1, 0.15) is 150 Å². The molecule has 4 aromatic rings. The highest BCUT2D eigenvalue weighted by atomic mass is 16.6. The number of nitrogens with one attached hydrogen (secondary N) is 2. The van der Waals surface area contributed by atoms with Crippen LogP contribution in [-0.2, 0) is 53.7 Å². The lowest BCUT2D eigenvalue weighted by Crippen LogP contribution is -2.33. The number of aliphatic hydroxyl groups is 2. The molecule has 92 heavy (non-hydrogen) atoms. The summed E-state index contributed by atoms with van der Waals surface area (Å²) in [6.07, 6.45) is -1.97. The summed E-state index contributed by atoms with van der Waals surface area (Å²) < 4.78 is 49.1. The average molecular weight is 1280 g/mol. The van der Waals surface area contributed by atoms with Gasteiger partial charge in [-0.15, -0.1) is 0 Å². The van der Waals surface area contributed by atoms with Crippen LogP contribution in [0.3, 0.4) is 0 Å². The van der Waals surface area contributed by atoms with Crippen molar-refractivity contribution in [1.29, 1.82) is 0 Å². The van der Waals surface area contributed by atoms with Gasteiger partial charge in [0, 0.05) is 27.5 Å². The molecule has 0 aliphatic heterocycles. The zero-order chi connectivity index (χ0) is 69.1. The summed E-state index contributed by atoms with van der Waals surface area (Å²) in [7, 11) is 0. The number of aryl methyl sites for hydroxylation is 8. The average Bonchev–Trinajstić information content (AvgIpc) is 0.787. The van der Waals surface area contributed by atoms with E-state index in [1.165, 1.54) is 17.2 Å².